The zero-order chi connectivity index (χ0) is 14.5. The maximum Gasteiger partial charge on any atom is 0.254 e. The number of rotatable bonds is 5. The Morgan fingerprint density at radius 2 is 2.00 bits per heavy atom. The van der Waals surface area contributed by atoms with Crippen LogP contribution in [0.5, 0.6) is 0 Å². The molecule has 0 aromatic heterocycles. The van der Waals surface area contributed by atoms with Crippen molar-refractivity contribution in [2.75, 3.05) is 6.54 Å². The van der Waals surface area contributed by atoms with E-state index in [0.29, 0.717) is 24.0 Å². The van der Waals surface area contributed by atoms with Gasteiger partial charge in [-0.1, -0.05) is 43.3 Å². The molecule has 2 N–H and O–H groups in total. The second-order valence-corrected chi connectivity index (χ2v) is 5.99. The van der Waals surface area contributed by atoms with Crippen molar-refractivity contribution in [1.82, 2.24) is 4.90 Å². The molecule has 2 rings (SSSR count). The van der Waals surface area contributed by atoms with E-state index in [0.717, 1.165) is 24.0 Å². The highest BCUT2D eigenvalue weighted by Gasteiger charge is 2.27. The minimum atomic E-state index is 0.117. The number of carbonyl (C=O) groups is 1. The molecule has 0 radical (unpaired) electrons. The number of benzene rings is 1. The van der Waals surface area contributed by atoms with Crippen LogP contribution in [0.2, 0.25) is 0 Å². The highest BCUT2D eigenvalue weighted by molar-refractivity contribution is 7.80. The molecule has 0 atom stereocenters. The van der Waals surface area contributed by atoms with Gasteiger partial charge in [-0.3, -0.25) is 4.79 Å². The molecule has 0 saturated heterocycles. The summed E-state index contributed by atoms with van der Waals surface area (Å²) < 4.78 is 0. The lowest BCUT2D eigenvalue weighted by Gasteiger charge is -2.29. The monoisotopic (exact) mass is 290 g/mol. The Kier molecular flexibility index (Phi) is 5.12. The highest BCUT2D eigenvalue weighted by Crippen LogP contribution is 2.25. The van der Waals surface area contributed by atoms with Gasteiger partial charge in [0.1, 0.15) is 0 Å². The van der Waals surface area contributed by atoms with Gasteiger partial charge in [0, 0.05) is 24.6 Å². The molecule has 0 spiro atoms. The number of amides is 1. The molecule has 0 bridgehead atoms. The average molecular weight is 290 g/mol. The van der Waals surface area contributed by atoms with E-state index >= 15 is 0 Å². The summed E-state index contributed by atoms with van der Waals surface area (Å²) in [5.74, 6) is 0.117. The van der Waals surface area contributed by atoms with E-state index in [4.69, 9.17) is 18.0 Å². The molecule has 4 heteroatoms. The summed E-state index contributed by atoms with van der Waals surface area (Å²) in [4.78, 5) is 15.3. The zero-order valence-corrected chi connectivity index (χ0v) is 12.8. The van der Waals surface area contributed by atoms with Crippen LogP contribution in [0.3, 0.4) is 0 Å². The van der Waals surface area contributed by atoms with E-state index < -0.39 is 0 Å². The summed E-state index contributed by atoms with van der Waals surface area (Å²) in [5.41, 5.74) is 7.42. The second kappa shape index (κ2) is 6.84. The first-order valence-corrected chi connectivity index (χ1v) is 7.65. The standard InChI is InChI=1S/C16H22N2OS/c1-12-6-2-5-9-14(12)16(19)18(11-10-15(17)20)13-7-3-4-8-13/h2,5-6,9,13H,3-4,7-8,10-11H2,1H3,(H2,17,20). The molecule has 1 fully saturated rings. The molecule has 1 aliphatic carbocycles. The number of nitrogens with two attached hydrogens (primary N) is 1. The fourth-order valence-electron chi connectivity index (χ4n) is 2.86. The van der Waals surface area contributed by atoms with Crippen LogP contribution >= 0.6 is 12.2 Å². The quantitative estimate of drug-likeness (QED) is 0.848. The van der Waals surface area contributed by atoms with Crippen LogP contribution in [0.15, 0.2) is 24.3 Å². The minimum Gasteiger partial charge on any atom is -0.393 e. The fourth-order valence-corrected chi connectivity index (χ4v) is 2.96. The molecule has 1 aromatic rings. The molecule has 0 aliphatic heterocycles. The number of hydrogen-bond donors (Lipinski definition) is 1. The topological polar surface area (TPSA) is 46.3 Å². The molecule has 1 saturated carbocycles. The summed E-state index contributed by atoms with van der Waals surface area (Å²) in [6, 6.07) is 8.10. The Labute approximate surface area is 126 Å². The predicted molar refractivity (Wildman–Crippen MR) is 85.9 cm³/mol. The fraction of sp³-hybridized carbons (Fsp3) is 0.500. The van der Waals surface area contributed by atoms with Crippen molar-refractivity contribution in [2.45, 2.75) is 45.1 Å². The smallest absolute Gasteiger partial charge is 0.254 e. The SMILES string of the molecule is Cc1ccccc1C(=O)N(CCC(N)=S)C1CCCC1. The van der Waals surface area contributed by atoms with E-state index in [2.05, 4.69) is 0 Å². The van der Waals surface area contributed by atoms with Crippen LogP contribution in [0, 0.1) is 6.92 Å². The summed E-state index contributed by atoms with van der Waals surface area (Å²) in [5, 5.41) is 0. The summed E-state index contributed by atoms with van der Waals surface area (Å²) in [6.45, 7) is 2.61. The highest BCUT2D eigenvalue weighted by atomic mass is 32.1. The van der Waals surface area contributed by atoms with Crippen molar-refractivity contribution in [3.05, 3.63) is 35.4 Å². The van der Waals surface area contributed by atoms with E-state index in [-0.39, 0.29) is 5.91 Å². The molecule has 1 amide bonds. The van der Waals surface area contributed by atoms with Gasteiger partial charge in [0.2, 0.25) is 0 Å². The zero-order valence-electron chi connectivity index (χ0n) is 12.0. The first-order valence-electron chi connectivity index (χ1n) is 7.24. The molecule has 20 heavy (non-hydrogen) atoms. The number of carbonyl (C=O) groups excluding carboxylic acids is 1. The van der Waals surface area contributed by atoms with Gasteiger partial charge >= 0.3 is 0 Å². The predicted octanol–water partition coefficient (Wildman–Crippen LogP) is 3.06. The average Bonchev–Trinajstić information content (AvgIpc) is 2.93. The Hall–Kier alpha value is -1.42. The Morgan fingerprint density at radius 3 is 2.60 bits per heavy atom. The van der Waals surface area contributed by atoms with Crippen molar-refractivity contribution < 1.29 is 4.79 Å². The van der Waals surface area contributed by atoms with Gasteiger partial charge in [0.25, 0.3) is 5.91 Å². The van der Waals surface area contributed by atoms with Gasteiger partial charge in [-0.15, -0.1) is 0 Å². The van der Waals surface area contributed by atoms with Crippen molar-refractivity contribution in [3.63, 3.8) is 0 Å². The van der Waals surface area contributed by atoms with Gasteiger partial charge < -0.3 is 10.6 Å². The van der Waals surface area contributed by atoms with Crippen molar-refractivity contribution in [3.8, 4) is 0 Å². The first kappa shape index (κ1) is 15.0. The Bertz CT molecular complexity index is 495. The van der Waals surface area contributed by atoms with Crippen LogP contribution in [-0.2, 0) is 0 Å². The molecule has 0 heterocycles. The largest absolute Gasteiger partial charge is 0.393 e. The van der Waals surface area contributed by atoms with E-state index in [1.165, 1.54) is 12.8 Å². The van der Waals surface area contributed by atoms with Gasteiger partial charge in [-0.05, 0) is 31.4 Å². The summed E-state index contributed by atoms with van der Waals surface area (Å²) >= 11 is 4.96. The van der Waals surface area contributed by atoms with Crippen LogP contribution in [-0.4, -0.2) is 28.4 Å². The van der Waals surface area contributed by atoms with E-state index in [1.54, 1.807) is 0 Å². The third-order valence-corrected chi connectivity index (χ3v) is 4.21. The maximum atomic E-state index is 12.8. The number of thiocarbonyl (C=S) groups is 1. The third kappa shape index (κ3) is 3.57. The molecular formula is C16H22N2OS. The number of aryl methyl sites for hydroxylation is 1. The lowest BCUT2D eigenvalue weighted by Crippen LogP contribution is -2.40. The van der Waals surface area contributed by atoms with Gasteiger partial charge in [-0.2, -0.15) is 0 Å². The van der Waals surface area contributed by atoms with Crippen molar-refractivity contribution >= 4 is 23.1 Å². The van der Waals surface area contributed by atoms with Crippen molar-refractivity contribution in [1.29, 1.82) is 0 Å². The van der Waals surface area contributed by atoms with E-state index in [9.17, 15) is 4.79 Å². The second-order valence-electron chi connectivity index (χ2n) is 5.47. The molecule has 1 aliphatic rings. The molecule has 108 valence electrons. The third-order valence-electron chi connectivity index (χ3n) is 4.00. The number of nitrogens with zero attached hydrogens (tertiary/aromatic N) is 1. The lowest BCUT2D eigenvalue weighted by molar-refractivity contribution is 0.0687. The Balaban J connectivity index is 2.18. The molecule has 0 unspecified atom stereocenters. The van der Waals surface area contributed by atoms with Crippen LogP contribution < -0.4 is 5.73 Å². The molecule has 1 aromatic carbocycles. The molecule has 3 nitrogen and oxygen atoms in total. The lowest BCUT2D eigenvalue weighted by atomic mass is 10.1. The maximum absolute atomic E-state index is 12.8. The molecular weight excluding hydrogens is 268 g/mol. The van der Waals surface area contributed by atoms with Crippen LogP contribution in [0.4, 0.5) is 0 Å². The van der Waals surface area contributed by atoms with Gasteiger partial charge in [-0.25, -0.2) is 0 Å². The summed E-state index contributed by atoms with van der Waals surface area (Å²) in [7, 11) is 0. The van der Waals surface area contributed by atoms with Crippen molar-refractivity contribution in [2.24, 2.45) is 5.73 Å². The summed E-state index contributed by atoms with van der Waals surface area (Å²) in [6.07, 6.45) is 5.19. The van der Waals surface area contributed by atoms with Gasteiger partial charge in [0.15, 0.2) is 0 Å². The minimum absolute atomic E-state index is 0.117. The Morgan fingerprint density at radius 1 is 1.35 bits per heavy atom. The van der Waals surface area contributed by atoms with E-state index in [1.807, 2.05) is 36.1 Å². The number of hydrogen-bond acceptors (Lipinski definition) is 2. The normalized spacial score (nSPS) is 15.2. The van der Waals surface area contributed by atoms with Gasteiger partial charge in [0.05, 0.1) is 4.99 Å². The van der Waals surface area contributed by atoms with Crippen LogP contribution in [0.1, 0.15) is 48.0 Å². The first-order chi connectivity index (χ1) is 9.59. The van der Waals surface area contributed by atoms with Crippen LogP contribution in [0.25, 0.3) is 0 Å².